The number of aliphatic hydroxyl groups excluding tert-OH is 1. The zero-order chi connectivity index (χ0) is 12.5. The van der Waals surface area contributed by atoms with Gasteiger partial charge in [-0.2, -0.15) is 5.10 Å². The molecule has 0 aromatic carbocycles. The highest BCUT2D eigenvalue weighted by Gasteiger charge is 2.29. The van der Waals surface area contributed by atoms with Crippen LogP contribution >= 0.6 is 0 Å². The smallest absolute Gasteiger partial charge is 0.0692 e. The number of rotatable bonds is 5. The van der Waals surface area contributed by atoms with E-state index in [-0.39, 0.29) is 11.6 Å². The fourth-order valence-corrected chi connectivity index (χ4v) is 1.83. The fourth-order valence-electron chi connectivity index (χ4n) is 1.83. The van der Waals surface area contributed by atoms with E-state index in [1.807, 2.05) is 10.9 Å². The molecule has 0 bridgehead atoms. The Labute approximate surface area is 103 Å². The Morgan fingerprint density at radius 2 is 2.24 bits per heavy atom. The molecule has 1 unspecified atom stereocenters. The molecule has 17 heavy (non-hydrogen) atoms. The van der Waals surface area contributed by atoms with Crippen molar-refractivity contribution in [1.29, 1.82) is 0 Å². The predicted octanol–water partition coefficient (Wildman–Crippen LogP) is 1.50. The molecule has 0 radical (unpaired) electrons. The summed E-state index contributed by atoms with van der Waals surface area (Å²) in [5.41, 5.74) is 1.20. The van der Waals surface area contributed by atoms with E-state index in [0.29, 0.717) is 12.5 Å². The van der Waals surface area contributed by atoms with Gasteiger partial charge in [-0.3, -0.25) is 4.68 Å². The van der Waals surface area contributed by atoms with Crippen molar-refractivity contribution in [2.45, 2.75) is 51.8 Å². The lowest BCUT2D eigenvalue weighted by molar-refractivity contribution is 0.148. The summed E-state index contributed by atoms with van der Waals surface area (Å²) in [5, 5.41) is 17.3. The second kappa shape index (κ2) is 4.78. The van der Waals surface area contributed by atoms with E-state index in [2.05, 4.69) is 37.4 Å². The Balaban J connectivity index is 1.77. The quantitative estimate of drug-likeness (QED) is 0.816. The van der Waals surface area contributed by atoms with Crippen LogP contribution in [0.4, 0.5) is 0 Å². The van der Waals surface area contributed by atoms with Gasteiger partial charge in [-0.05, 0) is 39.5 Å². The predicted molar refractivity (Wildman–Crippen MR) is 67.7 cm³/mol. The lowest BCUT2D eigenvalue weighted by Crippen LogP contribution is -2.27. The molecule has 0 saturated heterocycles. The zero-order valence-electron chi connectivity index (χ0n) is 11.0. The van der Waals surface area contributed by atoms with E-state index in [1.165, 1.54) is 18.4 Å². The minimum atomic E-state index is -0.173. The molecule has 2 rings (SSSR count). The second-order valence-corrected chi connectivity index (χ2v) is 6.00. The highest BCUT2D eigenvalue weighted by Crippen LogP contribution is 2.32. The van der Waals surface area contributed by atoms with E-state index in [0.717, 1.165) is 6.54 Å². The SMILES string of the molecule is CC(C)(C)n1cc(CNCC(O)C2CC2)cn1. The average molecular weight is 237 g/mol. The minimum absolute atomic E-state index is 0.0335. The van der Waals surface area contributed by atoms with Gasteiger partial charge in [0, 0.05) is 24.8 Å². The number of hydrogen-bond acceptors (Lipinski definition) is 3. The van der Waals surface area contributed by atoms with Gasteiger partial charge in [0.1, 0.15) is 0 Å². The fraction of sp³-hybridized carbons (Fsp3) is 0.769. The molecular formula is C13H23N3O. The van der Waals surface area contributed by atoms with Gasteiger partial charge in [0.2, 0.25) is 0 Å². The van der Waals surface area contributed by atoms with Crippen molar-refractivity contribution >= 4 is 0 Å². The highest BCUT2D eigenvalue weighted by atomic mass is 16.3. The number of nitrogens with zero attached hydrogens (tertiary/aromatic N) is 2. The first-order valence-corrected chi connectivity index (χ1v) is 6.39. The van der Waals surface area contributed by atoms with Crippen molar-refractivity contribution in [3.05, 3.63) is 18.0 Å². The van der Waals surface area contributed by atoms with Crippen LogP contribution < -0.4 is 5.32 Å². The third-order valence-corrected chi connectivity index (χ3v) is 3.17. The summed E-state index contributed by atoms with van der Waals surface area (Å²) in [4.78, 5) is 0. The Kier molecular flexibility index (Phi) is 3.54. The van der Waals surface area contributed by atoms with Crippen molar-refractivity contribution < 1.29 is 5.11 Å². The normalized spacial score (nSPS) is 18.4. The van der Waals surface area contributed by atoms with Gasteiger partial charge < -0.3 is 10.4 Å². The molecule has 1 heterocycles. The van der Waals surface area contributed by atoms with Gasteiger partial charge in [0.25, 0.3) is 0 Å². The van der Waals surface area contributed by atoms with Crippen LogP contribution in [-0.2, 0) is 12.1 Å². The third-order valence-electron chi connectivity index (χ3n) is 3.17. The minimum Gasteiger partial charge on any atom is -0.392 e. The summed E-state index contributed by atoms with van der Waals surface area (Å²) in [6.45, 7) is 7.86. The summed E-state index contributed by atoms with van der Waals surface area (Å²) in [6.07, 6.45) is 6.15. The molecular weight excluding hydrogens is 214 g/mol. The van der Waals surface area contributed by atoms with Crippen LogP contribution in [0.5, 0.6) is 0 Å². The van der Waals surface area contributed by atoms with Crippen molar-refractivity contribution in [2.75, 3.05) is 6.54 Å². The number of aliphatic hydroxyl groups is 1. The van der Waals surface area contributed by atoms with Crippen molar-refractivity contribution in [3.63, 3.8) is 0 Å². The Morgan fingerprint density at radius 1 is 1.53 bits per heavy atom. The molecule has 0 spiro atoms. The molecule has 1 atom stereocenters. The topological polar surface area (TPSA) is 50.1 Å². The first-order valence-electron chi connectivity index (χ1n) is 6.39. The Morgan fingerprint density at radius 3 is 2.76 bits per heavy atom. The van der Waals surface area contributed by atoms with Crippen LogP contribution in [0, 0.1) is 5.92 Å². The molecule has 1 aromatic heterocycles. The number of hydrogen-bond donors (Lipinski definition) is 2. The lowest BCUT2D eigenvalue weighted by atomic mass is 10.1. The molecule has 1 aliphatic carbocycles. The van der Waals surface area contributed by atoms with Crippen LogP contribution in [-0.4, -0.2) is 27.5 Å². The van der Waals surface area contributed by atoms with Gasteiger partial charge in [-0.25, -0.2) is 0 Å². The maximum absolute atomic E-state index is 9.72. The second-order valence-electron chi connectivity index (χ2n) is 6.00. The van der Waals surface area contributed by atoms with E-state index >= 15 is 0 Å². The van der Waals surface area contributed by atoms with Crippen molar-refractivity contribution in [1.82, 2.24) is 15.1 Å². The number of nitrogens with one attached hydrogen (secondary N) is 1. The van der Waals surface area contributed by atoms with Crippen LogP contribution in [0.15, 0.2) is 12.4 Å². The Bertz CT molecular complexity index is 363. The summed E-state index contributed by atoms with van der Waals surface area (Å²) in [6, 6.07) is 0. The summed E-state index contributed by atoms with van der Waals surface area (Å²) >= 11 is 0. The summed E-state index contributed by atoms with van der Waals surface area (Å²) in [5.74, 6) is 0.541. The highest BCUT2D eigenvalue weighted by molar-refractivity contribution is 5.04. The van der Waals surface area contributed by atoms with Gasteiger partial charge in [0.15, 0.2) is 0 Å². The maximum atomic E-state index is 9.72. The summed E-state index contributed by atoms with van der Waals surface area (Å²) < 4.78 is 1.97. The molecule has 1 saturated carbocycles. The van der Waals surface area contributed by atoms with E-state index < -0.39 is 0 Å². The standard InChI is InChI=1S/C13H23N3O/c1-13(2,3)16-9-10(7-15-16)6-14-8-12(17)11-4-5-11/h7,9,11-12,14,17H,4-6,8H2,1-3H3. The van der Waals surface area contributed by atoms with Crippen LogP contribution in [0.3, 0.4) is 0 Å². The molecule has 0 amide bonds. The van der Waals surface area contributed by atoms with E-state index in [9.17, 15) is 5.11 Å². The zero-order valence-corrected chi connectivity index (χ0v) is 11.0. The van der Waals surface area contributed by atoms with Crippen LogP contribution in [0.1, 0.15) is 39.2 Å². The van der Waals surface area contributed by atoms with Gasteiger partial charge in [0.05, 0.1) is 17.8 Å². The van der Waals surface area contributed by atoms with Gasteiger partial charge >= 0.3 is 0 Å². The monoisotopic (exact) mass is 237 g/mol. The van der Waals surface area contributed by atoms with E-state index in [1.54, 1.807) is 0 Å². The molecule has 0 aliphatic heterocycles. The summed E-state index contributed by atoms with van der Waals surface area (Å²) in [7, 11) is 0. The Hall–Kier alpha value is -0.870. The molecule has 4 heteroatoms. The van der Waals surface area contributed by atoms with Crippen LogP contribution in [0.25, 0.3) is 0 Å². The number of aromatic nitrogens is 2. The molecule has 2 N–H and O–H groups in total. The van der Waals surface area contributed by atoms with Gasteiger partial charge in [-0.1, -0.05) is 0 Å². The van der Waals surface area contributed by atoms with Crippen molar-refractivity contribution in [3.8, 4) is 0 Å². The first kappa shape index (κ1) is 12.6. The van der Waals surface area contributed by atoms with Crippen LogP contribution in [0.2, 0.25) is 0 Å². The average Bonchev–Trinajstić information content (AvgIpc) is 2.97. The largest absolute Gasteiger partial charge is 0.392 e. The molecule has 1 aliphatic rings. The molecule has 1 fully saturated rings. The maximum Gasteiger partial charge on any atom is 0.0692 e. The molecule has 1 aromatic rings. The van der Waals surface area contributed by atoms with Crippen molar-refractivity contribution in [2.24, 2.45) is 5.92 Å². The lowest BCUT2D eigenvalue weighted by Gasteiger charge is -2.18. The first-order chi connectivity index (χ1) is 7.97. The molecule has 96 valence electrons. The molecule has 4 nitrogen and oxygen atoms in total. The third kappa shape index (κ3) is 3.54. The van der Waals surface area contributed by atoms with E-state index in [4.69, 9.17) is 0 Å². The van der Waals surface area contributed by atoms with Gasteiger partial charge in [-0.15, -0.1) is 0 Å².